The topological polar surface area (TPSA) is 12.4 Å². The third kappa shape index (κ3) is 5.29. The number of hydrogen-bond acceptors (Lipinski definition) is 1. The maximum atomic E-state index is 4.96. The summed E-state index contributed by atoms with van der Waals surface area (Å²) in [7, 11) is 0. The Morgan fingerprint density at radius 1 is 1.00 bits per heavy atom. The SMILES string of the molecule is CCC(Cc1ccc(C(C)(C)C)cc1)/C(C)=N/c1cc(C)ccc1C. The molecular weight excluding hydrogens is 302 g/mol. The molecular formula is C24H33N. The van der Waals surface area contributed by atoms with Crippen LogP contribution in [0.1, 0.15) is 63.3 Å². The second kappa shape index (κ2) is 7.99. The van der Waals surface area contributed by atoms with E-state index in [1.807, 2.05) is 0 Å². The van der Waals surface area contributed by atoms with Crippen LogP contribution in [0.2, 0.25) is 0 Å². The predicted molar refractivity (Wildman–Crippen MR) is 111 cm³/mol. The van der Waals surface area contributed by atoms with Crippen LogP contribution in [0.25, 0.3) is 0 Å². The lowest BCUT2D eigenvalue weighted by Crippen LogP contribution is -2.14. The van der Waals surface area contributed by atoms with Crippen molar-refractivity contribution in [1.82, 2.24) is 0 Å². The van der Waals surface area contributed by atoms with E-state index < -0.39 is 0 Å². The predicted octanol–water partition coefficient (Wildman–Crippen LogP) is 6.96. The average molecular weight is 336 g/mol. The smallest absolute Gasteiger partial charge is 0.0660 e. The minimum absolute atomic E-state index is 0.211. The third-order valence-electron chi connectivity index (χ3n) is 5.05. The molecule has 1 atom stereocenters. The van der Waals surface area contributed by atoms with Crippen molar-refractivity contribution in [3.8, 4) is 0 Å². The van der Waals surface area contributed by atoms with Gasteiger partial charge in [-0.1, -0.05) is 64.1 Å². The van der Waals surface area contributed by atoms with Crippen LogP contribution in [0, 0.1) is 19.8 Å². The minimum atomic E-state index is 0.211. The lowest BCUT2D eigenvalue weighted by atomic mass is 9.85. The number of nitrogens with zero attached hydrogens (tertiary/aromatic N) is 1. The molecule has 0 N–H and O–H groups in total. The largest absolute Gasteiger partial charge is 0.258 e. The Hall–Kier alpha value is -1.89. The number of hydrogen-bond donors (Lipinski definition) is 0. The van der Waals surface area contributed by atoms with Crippen molar-refractivity contribution in [2.24, 2.45) is 10.9 Å². The monoisotopic (exact) mass is 335 g/mol. The maximum Gasteiger partial charge on any atom is 0.0660 e. The van der Waals surface area contributed by atoms with E-state index in [4.69, 9.17) is 4.99 Å². The van der Waals surface area contributed by atoms with Crippen LogP contribution in [0.3, 0.4) is 0 Å². The molecule has 1 heteroatoms. The number of benzene rings is 2. The second-order valence-electron chi connectivity index (χ2n) is 8.30. The highest BCUT2D eigenvalue weighted by molar-refractivity contribution is 5.87. The molecule has 0 aliphatic heterocycles. The Morgan fingerprint density at radius 2 is 1.64 bits per heavy atom. The Morgan fingerprint density at radius 3 is 2.20 bits per heavy atom. The van der Waals surface area contributed by atoms with Gasteiger partial charge in [-0.25, -0.2) is 0 Å². The average Bonchev–Trinajstić information content (AvgIpc) is 2.55. The van der Waals surface area contributed by atoms with Crippen molar-refractivity contribution in [2.75, 3.05) is 0 Å². The molecule has 0 amide bonds. The molecule has 0 spiro atoms. The molecule has 0 fully saturated rings. The summed E-state index contributed by atoms with van der Waals surface area (Å²) in [5, 5.41) is 0. The van der Waals surface area contributed by atoms with Crippen molar-refractivity contribution in [3.63, 3.8) is 0 Å². The Bertz CT molecular complexity index is 730. The van der Waals surface area contributed by atoms with Gasteiger partial charge in [-0.05, 0) is 67.3 Å². The zero-order valence-corrected chi connectivity index (χ0v) is 17.0. The zero-order valence-electron chi connectivity index (χ0n) is 17.0. The van der Waals surface area contributed by atoms with Crippen molar-refractivity contribution in [1.29, 1.82) is 0 Å². The normalized spacial score (nSPS) is 13.8. The summed E-state index contributed by atoms with van der Waals surface area (Å²) in [5.41, 5.74) is 7.86. The first kappa shape index (κ1) is 19.4. The standard InChI is InChI=1S/C24H33N/c1-8-21(16-20-11-13-22(14-12-20)24(5,6)7)19(4)25-23-15-17(2)9-10-18(23)3/h9-15,21H,8,16H2,1-7H3/b25-19+. The van der Waals surface area contributed by atoms with Crippen molar-refractivity contribution in [2.45, 2.75) is 66.7 Å². The Balaban J connectivity index is 2.18. The molecule has 0 radical (unpaired) electrons. The quantitative estimate of drug-likeness (QED) is 0.524. The fraction of sp³-hybridized carbons (Fsp3) is 0.458. The first-order valence-corrected chi connectivity index (χ1v) is 9.42. The summed E-state index contributed by atoms with van der Waals surface area (Å²) >= 11 is 0. The first-order valence-electron chi connectivity index (χ1n) is 9.42. The van der Waals surface area contributed by atoms with Gasteiger partial charge in [0.2, 0.25) is 0 Å². The van der Waals surface area contributed by atoms with E-state index in [1.54, 1.807) is 0 Å². The molecule has 134 valence electrons. The lowest BCUT2D eigenvalue weighted by Gasteiger charge is -2.20. The van der Waals surface area contributed by atoms with Crippen LogP contribution < -0.4 is 0 Å². The molecule has 25 heavy (non-hydrogen) atoms. The van der Waals surface area contributed by atoms with Gasteiger partial charge in [0.05, 0.1) is 5.69 Å². The van der Waals surface area contributed by atoms with E-state index in [0.29, 0.717) is 5.92 Å². The number of aliphatic imine (C=N–C) groups is 1. The van der Waals surface area contributed by atoms with Crippen molar-refractivity contribution in [3.05, 3.63) is 64.7 Å². The van der Waals surface area contributed by atoms with Gasteiger partial charge in [-0.3, -0.25) is 4.99 Å². The minimum Gasteiger partial charge on any atom is -0.258 e. The van der Waals surface area contributed by atoms with E-state index in [-0.39, 0.29) is 5.41 Å². The lowest BCUT2D eigenvalue weighted by molar-refractivity contribution is 0.589. The third-order valence-corrected chi connectivity index (χ3v) is 5.05. The summed E-state index contributed by atoms with van der Waals surface area (Å²) in [6, 6.07) is 15.6. The highest BCUT2D eigenvalue weighted by atomic mass is 14.8. The Labute approximate surface area is 154 Å². The molecule has 0 aliphatic rings. The molecule has 2 aromatic rings. The second-order valence-corrected chi connectivity index (χ2v) is 8.30. The summed E-state index contributed by atoms with van der Waals surface area (Å²) in [6.07, 6.45) is 2.17. The molecule has 1 nitrogen and oxygen atoms in total. The van der Waals surface area contributed by atoms with E-state index in [0.717, 1.165) is 18.5 Å². The summed E-state index contributed by atoms with van der Waals surface area (Å²) < 4.78 is 0. The van der Waals surface area contributed by atoms with E-state index >= 15 is 0 Å². The van der Waals surface area contributed by atoms with Gasteiger partial charge in [-0.15, -0.1) is 0 Å². The van der Waals surface area contributed by atoms with E-state index in [2.05, 4.69) is 90.9 Å². The summed E-state index contributed by atoms with van der Waals surface area (Å²) in [4.78, 5) is 4.96. The van der Waals surface area contributed by atoms with Crippen LogP contribution in [-0.2, 0) is 11.8 Å². The molecule has 0 aromatic heterocycles. The maximum absolute atomic E-state index is 4.96. The number of aryl methyl sites for hydroxylation is 2. The van der Waals surface area contributed by atoms with Gasteiger partial charge >= 0.3 is 0 Å². The molecule has 1 unspecified atom stereocenters. The van der Waals surface area contributed by atoms with Gasteiger partial charge in [0.1, 0.15) is 0 Å². The molecule has 0 bridgehead atoms. The van der Waals surface area contributed by atoms with E-state index in [1.165, 1.54) is 28.0 Å². The van der Waals surface area contributed by atoms with Crippen molar-refractivity contribution < 1.29 is 0 Å². The van der Waals surface area contributed by atoms with Crippen molar-refractivity contribution >= 4 is 11.4 Å². The number of rotatable bonds is 5. The fourth-order valence-corrected chi connectivity index (χ4v) is 3.13. The van der Waals surface area contributed by atoms with Crippen LogP contribution >= 0.6 is 0 Å². The van der Waals surface area contributed by atoms with Gasteiger partial charge in [0.25, 0.3) is 0 Å². The van der Waals surface area contributed by atoms with Gasteiger partial charge in [0.15, 0.2) is 0 Å². The van der Waals surface area contributed by atoms with Crippen LogP contribution in [0.5, 0.6) is 0 Å². The summed E-state index contributed by atoms with van der Waals surface area (Å²) in [5.74, 6) is 0.486. The van der Waals surface area contributed by atoms with Gasteiger partial charge in [-0.2, -0.15) is 0 Å². The molecule has 0 heterocycles. The molecule has 0 saturated heterocycles. The van der Waals surface area contributed by atoms with E-state index in [9.17, 15) is 0 Å². The van der Waals surface area contributed by atoms with Crippen LogP contribution in [0.4, 0.5) is 5.69 Å². The Kier molecular flexibility index (Phi) is 6.21. The highest BCUT2D eigenvalue weighted by Crippen LogP contribution is 2.25. The van der Waals surface area contributed by atoms with Gasteiger partial charge in [0, 0.05) is 11.6 Å². The van der Waals surface area contributed by atoms with Gasteiger partial charge < -0.3 is 0 Å². The summed E-state index contributed by atoms with van der Waals surface area (Å²) in [6.45, 7) is 15.5. The molecule has 0 aliphatic carbocycles. The highest BCUT2D eigenvalue weighted by Gasteiger charge is 2.15. The van der Waals surface area contributed by atoms with Crippen LogP contribution in [0.15, 0.2) is 47.5 Å². The van der Waals surface area contributed by atoms with Crippen LogP contribution in [-0.4, -0.2) is 5.71 Å². The molecule has 2 aromatic carbocycles. The fourth-order valence-electron chi connectivity index (χ4n) is 3.13. The molecule has 2 rings (SSSR count). The zero-order chi connectivity index (χ0) is 18.6. The molecule has 0 saturated carbocycles. The first-order chi connectivity index (χ1) is 11.7.